The van der Waals surface area contributed by atoms with E-state index in [1.165, 1.54) is 10.4 Å². The molecule has 1 saturated heterocycles. The monoisotopic (exact) mass is 483 g/mol. The molecule has 0 aliphatic carbocycles. The maximum atomic E-state index is 13.1. The lowest BCUT2D eigenvalue weighted by Crippen LogP contribution is -2.41. The molecule has 8 nitrogen and oxygen atoms in total. The third kappa shape index (κ3) is 5.38. The van der Waals surface area contributed by atoms with Gasteiger partial charge < -0.3 is 14.2 Å². The normalized spacial score (nSPS) is 14.8. The fourth-order valence-corrected chi connectivity index (χ4v) is 5.58. The number of ether oxygens (including phenoxy) is 1. The van der Waals surface area contributed by atoms with E-state index in [0.29, 0.717) is 56.8 Å². The summed E-state index contributed by atoms with van der Waals surface area (Å²) >= 11 is 0. The van der Waals surface area contributed by atoms with Crippen LogP contribution in [0.15, 0.2) is 64.0 Å². The maximum absolute atomic E-state index is 13.1. The molecule has 0 atom stereocenters. The van der Waals surface area contributed by atoms with E-state index < -0.39 is 10.0 Å². The van der Waals surface area contributed by atoms with Crippen molar-refractivity contribution in [3.63, 3.8) is 0 Å². The Labute approximate surface area is 200 Å². The number of morpholine rings is 1. The highest BCUT2D eigenvalue weighted by molar-refractivity contribution is 7.89. The Hall–Kier alpha value is -3.01. The van der Waals surface area contributed by atoms with Gasteiger partial charge in [-0.1, -0.05) is 41.6 Å². The molecule has 2 aromatic carbocycles. The molecule has 3 aromatic rings. The first-order chi connectivity index (χ1) is 16.4. The number of carbonyl (C=O) groups is 1. The first-order valence-corrected chi connectivity index (χ1v) is 12.8. The summed E-state index contributed by atoms with van der Waals surface area (Å²) in [4.78, 5) is 14.8. The quantitative estimate of drug-likeness (QED) is 0.488. The molecule has 0 radical (unpaired) electrons. The van der Waals surface area contributed by atoms with Crippen molar-refractivity contribution in [2.24, 2.45) is 0 Å². The second kappa shape index (κ2) is 10.5. The molecule has 4 rings (SSSR count). The smallest absolute Gasteiger partial charge is 0.253 e. The molecule has 180 valence electrons. The Morgan fingerprint density at radius 2 is 1.82 bits per heavy atom. The molecule has 0 unspecified atom stereocenters. The number of amides is 1. The van der Waals surface area contributed by atoms with Gasteiger partial charge in [-0.15, -0.1) is 0 Å². The summed E-state index contributed by atoms with van der Waals surface area (Å²) in [6, 6.07) is 16.6. The average Bonchev–Trinajstić information content (AvgIpc) is 3.34. The first kappa shape index (κ1) is 24.1. The second-order valence-corrected chi connectivity index (χ2v) is 10.3. The lowest BCUT2D eigenvalue weighted by Gasteiger charge is -2.27. The maximum Gasteiger partial charge on any atom is 0.253 e. The zero-order valence-corrected chi connectivity index (χ0v) is 20.3. The Kier molecular flexibility index (Phi) is 7.45. The minimum atomic E-state index is -3.68. The molecular weight excluding hydrogens is 454 g/mol. The molecule has 0 bridgehead atoms. The van der Waals surface area contributed by atoms with E-state index in [4.69, 9.17) is 9.26 Å². The standard InChI is InChI=1S/C25H29N3O5S/c1-19-10-11-21(17-24(19)34(30,31)28-13-15-32-16-14-28)25(29)27(2)12-6-9-22-18-23(26-33-22)20-7-4-3-5-8-20/h3-5,7-8,10-11,17-18H,6,9,12-16H2,1-2H3. The number of hydrogen-bond acceptors (Lipinski definition) is 6. The molecule has 2 heterocycles. The SMILES string of the molecule is Cc1ccc(C(=O)N(C)CCCc2cc(-c3ccccc3)no2)cc1S(=O)(=O)N1CCOCC1. The lowest BCUT2D eigenvalue weighted by molar-refractivity contribution is 0.0730. The van der Waals surface area contributed by atoms with Crippen molar-refractivity contribution in [2.75, 3.05) is 39.9 Å². The van der Waals surface area contributed by atoms with Gasteiger partial charge in [-0.2, -0.15) is 4.31 Å². The van der Waals surface area contributed by atoms with Gasteiger partial charge in [0.15, 0.2) is 0 Å². The highest BCUT2D eigenvalue weighted by atomic mass is 32.2. The Balaban J connectivity index is 1.38. The third-order valence-corrected chi connectivity index (χ3v) is 7.96. The van der Waals surface area contributed by atoms with Crippen LogP contribution in [0.4, 0.5) is 0 Å². The van der Waals surface area contributed by atoms with Crippen LogP contribution in [-0.4, -0.2) is 68.6 Å². The van der Waals surface area contributed by atoms with Crippen LogP contribution < -0.4 is 0 Å². The summed E-state index contributed by atoms with van der Waals surface area (Å²) in [5.41, 5.74) is 2.75. The van der Waals surface area contributed by atoms with Crippen molar-refractivity contribution >= 4 is 15.9 Å². The molecular formula is C25H29N3O5S. The summed E-state index contributed by atoms with van der Waals surface area (Å²) in [7, 11) is -1.97. The van der Waals surface area contributed by atoms with E-state index in [0.717, 1.165) is 17.0 Å². The van der Waals surface area contributed by atoms with Crippen LogP contribution in [0.1, 0.15) is 28.1 Å². The predicted octanol–water partition coefficient (Wildman–Crippen LogP) is 3.38. The Morgan fingerprint density at radius 3 is 2.56 bits per heavy atom. The van der Waals surface area contributed by atoms with E-state index in [1.807, 2.05) is 36.4 Å². The van der Waals surface area contributed by atoms with Gasteiger partial charge >= 0.3 is 0 Å². The van der Waals surface area contributed by atoms with Gasteiger partial charge in [0.1, 0.15) is 11.5 Å². The molecule has 0 saturated carbocycles. The highest BCUT2D eigenvalue weighted by Crippen LogP contribution is 2.23. The Morgan fingerprint density at radius 1 is 1.09 bits per heavy atom. The van der Waals surface area contributed by atoms with Crippen LogP contribution in [0.25, 0.3) is 11.3 Å². The second-order valence-electron chi connectivity index (χ2n) is 8.37. The minimum Gasteiger partial charge on any atom is -0.379 e. The van der Waals surface area contributed by atoms with Gasteiger partial charge in [-0.25, -0.2) is 8.42 Å². The van der Waals surface area contributed by atoms with Gasteiger partial charge in [0.2, 0.25) is 10.0 Å². The van der Waals surface area contributed by atoms with Gasteiger partial charge in [-0.05, 0) is 31.0 Å². The lowest BCUT2D eigenvalue weighted by atomic mass is 10.1. The number of rotatable bonds is 8. The fraction of sp³-hybridized carbons (Fsp3) is 0.360. The topological polar surface area (TPSA) is 93.0 Å². The van der Waals surface area contributed by atoms with E-state index in [-0.39, 0.29) is 10.8 Å². The van der Waals surface area contributed by atoms with Crippen LogP contribution >= 0.6 is 0 Å². The van der Waals surface area contributed by atoms with Gasteiger partial charge in [0.05, 0.1) is 18.1 Å². The van der Waals surface area contributed by atoms with Gasteiger partial charge in [0, 0.05) is 50.3 Å². The van der Waals surface area contributed by atoms with Gasteiger partial charge in [-0.3, -0.25) is 4.79 Å². The molecule has 1 aliphatic heterocycles. The van der Waals surface area contributed by atoms with Crippen molar-refractivity contribution in [3.05, 3.63) is 71.5 Å². The molecule has 9 heteroatoms. The number of nitrogens with zero attached hydrogens (tertiary/aromatic N) is 3. The van der Waals surface area contributed by atoms with Crippen LogP contribution in [0.3, 0.4) is 0 Å². The van der Waals surface area contributed by atoms with Crippen LogP contribution in [-0.2, 0) is 21.2 Å². The predicted molar refractivity (Wildman–Crippen MR) is 128 cm³/mol. The molecule has 1 aliphatic rings. The zero-order valence-electron chi connectivity index (χ0n) is 19.4. The fourth-order valence-electron chi connectivity index (χ4n) is 3.93. The van der Waals surface area contributed by atoms with Crippen LogP contribution in [0, 0.1) is 6.92 Å². The zero-order chi connectivity index (χ0) is 24.1. The number of aryl methyl sites for hydroxylation is 2. The largest absolute Gasteiger partial charge is 0.379 e. The number of sulfonamides is 1. The molecule has 34 heavy (non-hydrogen) atoms. The van der Waals surface area contributed by atoms with Crippen LogP contribution in [0.2, 0.25) is 0 Å². The molecule has 1 aromatic heterocycles. The van der Waals surface area contributed by atoms with Gasteiger partial charge in [0.25, 0.3) is 5.91 Å². The molecule has 1 fully saturated rings. The van der Waals surface area contributed by atoms with Crippen molar-refractivity contribution in [3.8, 4) is 11.3 Å². The third-order valence-electron chi connectivity index (χ3n) is 5.91. The molecule has 0 spiro atoms. The average molecular weight is 484 g/mol. The summed E-state index contributed by atoms with van der Waals surface area (Å²) in [6.07, 6.45) is 1.33. The van der Waals surface area contributed by atoms with Crippen molar-refractivity contribution in [2.45, 2.75) is 24.7 Å². The van der Waals surface area contributed by atoms with Crippen molar-refractivity contribution in [1.82, 2.24) is 14.4 Å². The summed E-state index contributed by atoms with van der Waals surface area (Å²) in [5, 5.41) is 4.12. The van der Waals surface area contributed by atoms with Crippen molar-refractivity contribution in [1.29, 1.82) is 0 Å². The van der Waals surface area contributed by atoms with E-state index >= 15 is 0 Å². The van der Waals surface area contributed by atoms with Crippen molar-refractivity contribution < 1.29 is 22.5 Å². The molecule has 0 N–H and O–H groups in total. The first-order valence-electron chi connectivity index (χ1n) is 11.3. The van der Waals surface area contributed by atoms with Crippen LogP contribution in [0.5, 0.6) is 0 Å². The minimum absolute atomic E-state index is 0.170. The number of carbonyl (C=O) groups excluding carboxylic acids is 1. The number of hydrogen-bond donors (Lipinski definition) is 0. The summed E-state index contributed by atoms with van der Waals surface area (Å²) < 4.78 is 38.4. The summed E-state index contributed by atoms with van der Waals surface area (Å²) in [5.74, 6) is 0.537. The Bertz CT molecular complexity index is 1230. The van der Waals surface area contributed by atoms with E-state index in [9.17, 15) is 13.2 Å². The summed E-state index contributed by atoms with van der Waals surface area (Å²) in [6.45, 7) is 3.61. The molecule has 1 amide bonds. The number of aromatic nitrogens is 1. The number of benzene rings is 2. The van der Waals surface area contributed by atoms with E-state index in [1.54, 1.807) is 31.0 Å². The van der Waals surface area contributed by atoms with E-state index in [2.05, 4.69) is 5.16 Å². The highest BCUT2D eigenvalue weighted by Gasteiger charge is 2.28.